The number of nitrogens with one attached hydrogen (secondary N) is 1. The van der Waals surface area contributed by atoms with E-state index in [-0.39, 0.29) is 17.8 Å². The van der Waals surface area contributed by atoms with Crippen LogP contribution in [0.5, 0.6) is 0 Å². The molecule has 0 bridgehead atoms. The van der Waals surface area contributed by atoms with E-state index in [1.165, 1.54) is 23.5 Å². The van der Waals surface area contributed by atoms with Crippen molar-refractivity contribution in [1.82, 2.24) is 19.9 Å². The van der Waals surface area contributed by atoms with Crippen molar-refractivity contribution in [1.29, 1.82) is 0 Å². The Bertz CT molecular complexity index is 1020. The highest BCUT2D eigenvalue weighted by atomic mass is 32.1. The van der Waals surface area contributed by atoms with Crippen molar-refractivity contribution in [3.8, 4) is 10.4 Å². The Balaban J connectivity index is 1.50. The van der Waals surface area contributed by atoms with E-state index in [1.54, 1.807) is 12.1 Å². The molecule has 8 heteroatoms. The molecule has 1 aliphatic rings. The second kappa shape index (κ2) is 8.87. The number of thiazole rings is 1. The summed E-state index contributed by atoms with van der Waals surface area (Å²) in [5.41, 5.74) is 2.34. The number of hydrogen-bond acceptors (Lipinski definition) is 6. The molecule has 30 heavy (non-hydrogen) atoms. The zero-order valence-electron chi connectivity index (χ0n) is 17.1. The van der Waals surface area contributed by atoms with Gasteiger partial charge in [0.05, 0.1) is 9.88 Å². The molecule has 1 fully saturated rings. The number of benzene rings is 1. The summed E-state index contributed by atoms with van der Waals surface area (Å²) in [5, 5.41) is 4.07. The summed E-state index contributed by atoms with van der Waals surface area (Å²) in [6.45, 7) is 5.23. The highest BCUT2D eigenvalue weighted by Crippen LogP contribution is 2.32. The van der Waals surface area contributed by atoms with E-state index in [2.05, 4.69) is 27.2 Å². The van der Waals surface area contributed by atoms with Crippen LogP contribution in [0.25, 0.3) is 10.4 Å². The third kappa shape index (κ3) is 4.33. The molecule has 0 spiro atoms. The van der Waals surface area contributed by atoms with Crippen LogP contribution >= 0.6 is 11.3 Å². The van der Waals surface area contributed by atoms with Crippen molar-refractivity contribution >= 4 is 23.2 Å². The highest BCUT2D eigenvalue weighted by Gasteiger charge is 2.32. The number of rotatable bonds is 6. The Labute approximate surface area is 179 Å². The van der Waals surface area contributed by atoms with Gasteiger partial charge in [-0.25, -0.2) is 19.3 Å². The van der Waals surface area contributed by atoms with Crippen LogP contribution in [0.2, 0.25) is 0 Å². The molecule has 1 aromatic carbocycles. The Morgan fingerprint density at radius 2 is 2.00 bits per heavy atom. The number of anilines is 1. The van der Waals surface area contributed by atoms with Crippen LogP contribution in [0.4, 0.5) is 10.3 Å². The number of likely N-dealkylation sites (tertiary alicyclic amines) is 1. The van der Waals surface area contributed by atoms with E-state index in [1.807, 2.05) is 24.2 Å². The van der Waals surface area contributed by atoms with Crippen molar-refractivity contribution in [3.05, 3.63) is 58.7 Å². The summed E-state index contributed by atoms with van der Waals surface area (Å²) in [6.07, 6.45) is 6.40. The average molecular weight is 426 g/mol. The van der Waals surface area contributed by atoms with Gasteiger partial charge in [0.15, 0.2) is 0 Å². The van der Waals surface area contributed by atoms with E-state index >= 15 is 0 Å². The summed E-state index contributed by atoms with van der Waals surface area (Å²) in [4.78, 5) is 29.2. The lowest BCUT2D eigenvalue weighted by molar-refractivity contribution is 0.0739. The Hall–Kier alpha value is -2.87. The van der Waals surface area contributed by atoms with Gasteiger partial charge in [0.1, 0.15) is 11.5 Å². The first-order valence-corrected chi connectivity index (χ1v) is 11.0. The molecule has 1 atom stereocenters. The molecule has 3 aromatic rings. The van der Waals surface area contributed by atoms with Crippen molar-refractivity contribution < 1.29 is 9.18 Å². The molecule has 6 nitrogen and oxygen atoms in total. The second-order valence-electron chi connectivity index (χ2n) is 7.36. The second-order valence-corrected chi connectivity index (χ2v) is 8.56. The average Bonchev–Trinajstić information content (AvgIpc) is 3.39. The molecule has 1 amide bonds. The minimum atomic E-state index is -0.298. The molecular weight excluding hydrogens is 401 g/mol. The van der Waals surface area contributed by atoms with Gasteiger partial charge in [-0.15, -0.1) is 11.3 Å². The molecule has 0 aliphatic carbocycles. The number of nitrogens with zero attached hydrogens (tertiary/aromatic N) is 4. The summed E-state index contributed by atoms with van der Waals surface area (Å²) in [5.74, 6) is 0.195. The monoisotopic (exact) mass is 425 g/mol. The molecule has 4 rings (SSSR count). The number of halogens is 1. The van der Waals surface area contributed by atoms with Crippen LogP contribution < -0.4 is 5.32 Å². The van der Waals surface area contributed by atoms with Crippen molar-refractivity contribution in [3.63, 3.8) is 0 Å². The smallest absolute Gasteiger partial charge is 0.274 e. The van der Waals surface area contributed by atoms with E-state index < -0.39 is 0 Å². The summed E-state index contributed by atoms with van der Waals surface area (Å²) in [7, 11) is 0. The first-order chi connectivity index (χ1) is 14.5. The number of amides is 1. The third-order valence-corrected chi connectivity index (χ3v) is 6.31. The fourth-order valence-electron chi connectivity index (χ4n) is 3.66. The summed E-state index contributed by atoms with van der Waals surface area (Å²) < 4.78 is 13.3. The van der Waals surface area contributed by atoms with E-state index in [4.69, 9.17) is 0 Å². The lowest BCUT2D eigenvalue weighted by Gasteiger charge is -2.24. The molecule has 3 heterocycles. The van der Waals surface area contributed by atoms with Gasteiger partial charge in [-0.05, 0) is 49.4 Å². The maximum absolute atomic E-state index is 13.4. The fourth-order valence-corrected chi connectivity index (χ4v) is 4.57. The summed E-state index contributed by atoms with van der Waals surface area (Å²) in [6, 6.07) is 6.25. The van der Waals surface area contributed by atoms with Crippen LogP contribution in [0.15, 0.2) is 36.7 Å². The molecule has 1 saturated heterocycles. The Morgan fingerprint density at radius 3 is 2.70 bits per heavy atom. The third-order valence-electron chi connectivity index (χ3n) is 5.29. The Kier molecular flexibility index (Phi) is 6.03. The number of carbonyl (C=O) groups is 1. The predicted molar refractivity (Wildman–Crippen MR) is 116 cm³/mol. The quantitative estimate of drug-likeness (QED) is 0.637. The van der Waals surface area contributed by atoms with Gasteiger partial charge in [0.2, 0.25) is 5.95 Å². The number of carbonyl (C=O) groups excluding carboxylic acids is 1. The molecule has 0 radical (unpaired) electrons. The lowest BCUT2D eigenvalue weighted by atomic mass is 10.1. The minimum absolute atomic E-state index is 0.0509. The van der Waals surface area contributed by atoms with Gasteiger partial charge in [-0.3, -0.25) is 4.79 Å². The first kappa shape index (κ1) is 20.4. The zero-order chi connectivity index (χ0) is 21.1. The van der Waals surface area contributed by atoms with E-state index in [9.17, 15) is 9.18 Å². The molecule has 156 valence electrons. The maximum atomic E-state index is 13.4. The van der Waals surface area contributed by atoms with Crippen LogP contribution in [-0.4, -0.2) is 44.9 Å². The predicted octanol–water partition coefficient (Wildman–Crippen LogP) is 4.33. The summed E-state index contributed by atoms with van der Waals surface area (Å²) >= 11 is 1.46. The fraction of sp³-hybridized carbons (Fsp3) is 0.364. The first-order valence-electron chi connectivity index (χ1n) is 10.1. The standard InChI is InChI=1S/C22H24FN5OS/c1-3-15-11-24-22(25-12-15)26-13-18-5-4-10-28(18)21(29)19-20(30-14(2)27-19)16-6-8-17(23)9-7-16/h6-9,11-12,18H,3-5,10,13H2,1-2H3,(H,24,25,26). The normalized spacial score (nSPS) is 16.1. The Morgan fingerprint density at radius 1 is 1.27 bits per heavy atom. The molecule has 0 saturated carbocycles. The molecular formula is C22H24FN5OS. The van der Waals surface area contributed by atoms with Gasteiger partial charge in [-0.1, -0.05) is 19.1 Å². The van der Waals surface area contributed by atoms with Crippen LogP contribution in [-0.2, 0) is 6.42 Å². The van der Waals surface area contributed by atoms with Gasteiger partial charge >= 0.3 is 0 Å². The zero-order valence-corrected chi connectivity index (χ0v) is 17.9. The van der Waals surface area contributed by atoms with Crippen molar-refractivity contribution in [2.24, 2.45) is 0 Å². The maximum Gasteiger partial charge on any atom is 0.274 e. The van der Waals surface area contributed by atoms with Crippen molar-refractivity contribution in [2.45, 2.75) is 39.2 Å². The van der Waals surface area contributed by atoms with Crippen LogP contribution in [0.3, 0.4) is 0 Å². The van der Waals surface area contributed by atoms with Gasteiger partial charge in [-0.2, -0.15) is 0 Å². The lowest BCUT2D eigenvalue weighted by Crippen LogP contribution is -2.40. The highest BCUT2D eigenvalue weighted by molar-refractivity contribution is 7.15. The topological polar surface area (TPSA) is 71.0 Å². The largest absolute Gasteiger partial charge is 0.352 e. The van der Waals surface area contributed by atoms with E-state index in [0.717, 1.165) is 40.3 Å². The molecule has 1 N–H and O–H groups in total. The number of aryl methyl sites for hydroxylation is 2. The van der Waals surface area contributed by atoms with Crippen LogP contribution in [0.1, 0.15) is 40.8 Å². The number of hydrogen-bond donors (Lipinski definition) is 1. The minimum Gasteiger partial charge on any atom is -0.352 e. The van der Waals surface area contributed by atoms with Gasteiger partial charge in [0, 0.05) is 31.5 Å². The molecule has 1 aliphatic heterocycles. The van der Waals surface area contributed by atoms with Gasteiger partial charge < -0.3 is 10.2 Å². The SMILES string of the molecule is CCc1cnc(NCC2CCCN2C(=O)c2nc(C)sc2-c2ccc(F)cc2)nc1. The van der Waals surface area contributed by atoms with Crippen molar-refractivity contribution in [2.75, 3.05) is 18.4 Å². The van der Waals surface area contributed by atoms with Gasteiger partial charge in [0.25, 0.3) is 5.91 Å². The van der Waals surface area contributed by atoms with Crippen LogP contribution in [0, 0.1) is 12.7 Å². The number of aromatic nitrogens is 3. The molecule has 1 unspecified atom stereocenters. The van der Waals surface area contributed by atoms with E-state index in [0.29, 0.717) is 24.7 Å². The molecule has 2 aromatic heterocycles.